The van der Waals surface area contributed by atoms with E-state index in [0.717, 1.165) is 17.2 Å². The van der Waals surface area contributed by atoms with E-state index in [4.69, 9.17) is 11.3 Å². The molecule has 0 spiro atoms. The highest BCUT2D eigenvalue weighted by molar-refractivity contribution is 8.08. The molecular weight excluding hydrogens is 338 g/mol. The van der Waals surface area contributed by atoms with Crippen molar-refractivity contribution in [2.24, 2.45) is 5.73 Å². The van der Waals surface area contributed by atoms with Crippen LogP contribution in [0.1, 0.15) is 15.9 Å². The van der Waals surface area contributed by atoms with E-state index >= 15 is 0 Å². The molecule has 0 fully saturated rings. The van der Waals surface area contributed by atoms with Crippen LogP contribution in [0.4, 0.5) is 0 Å². The summed E-state index contributed by atoms with van der Waals surface area (Å²) in [5, 5.41) is -0.904. The molecule has 0 aromatic heterocycles. The van der Waals surface area contributed by atoms with Gasteiger partial charge in [0.25, 0.3) is 15.6 Å². The fourth-order valence-electron chi connectivity index (χ4n) is 2.35. The highest BCUT2D eigenvalue weighted by Crippen LogP contribution is 2.25. The minimum Gasteiger partial charge on any atom is -0.360 e. The van der Waals surface area contributed by atoms with Crippen LogP contribution in [0.5, 0.6) is 0 Å². The topological polar surface area (TPSA) is 114 Å². The van der Waals surface area contributed by atoms with Gasteiger partial charge in [0.05, 0.1) is 5.75 Å². The third-order valence-corrected chi connectivity index (χ3v) is 5.12. The molecule has 0 bridgehead atoms. The minimum atomic E-state index is -4.06. The minimum absolute atomic E-state index is 0.128. The van der Waals surface area contributed by atoms with Crippen molar-refractivity contribution < 1.29 is 18.0 Å². The summed E-state index contributed by atoms with van der Waals surface area (Å²) < 4.78 is 24.2. The smallest absolute Gasteiger partial charge is 0.360 e. The first kappa shape index (κ1) is 18.5. The fourth-order valence-corrected chi connectivity index (χ4v) is 3.34. The Labute approximate surface area is 146 Å². The molecule has 0 radical (unpaired) electrons. The van der Waals surface area contributed by atoms with Crippen molar-refractivity contribution in [2.75, 3.05) is 5.75 Å². The number of benzene rings is 2. The van der Waals surface area contributed by atoms with Crippen LogP contribution < -0.4 is 5.73 Å². The molecule has 0 atom stereocenters. The monoisotopic (exact) mass is 355 g/mol. The molecule has 2 N–H and O–H groups in total. The van der Waals surface area contributed by atoms with Crippen molar-refractivity contribution in [3.05, 3.63) is 77.8 Å². The molecule has 0 saturated heterocycles. The van der Waals surface area contributed by atoms with Crippen LogP contribution in [0.2, 0.25) is 0 Å². The number of carbonyl (C=O) groups is 1. The summed E-state index contributed by atoms with van der Waals surface area (Å²) >= 11 is 0. The molecule has 2 aromatic rings. The summed E-state index contributed by atoms with van der Waals surface area (Å²) in [5.74, 6) is -1.37. The molecule has 0 unspecified atom stereocenters. The number of ketones is 1. The van der Waals surface area contributed by atoms with Gasteiger partial charge in [-0.05, 0) is 16.7 Å². The quantitative estimate of drug-likeness (QED) is 0.214. The van der Waals surface area contributed by atoms with Gasteiger partial charge in [0.1, 0.15) is 0 Å². The first-order chi connectivity index (χ1) is 11.9. The van der Waals surface area contributed by atoms with Crippen molar-refractivity contribution >= 4 is 20.7 Å². The molecule has 0 aliphatic carbocycles. The molecule has 2 aromatic carbocycles. The number of hydrogen-bond acceptors (Lipinski definition) is 4. The van der Waals surface area contributed by atoms with Crippen molar-refractivity contribution in [3.8, 4) is 11.1 Å². The van der Waals surface area contributed by atoms with Gasteiger partial charge >= 0.3 is 5.04 Å². The van der Waals surface area contributed by atoms with Crippen LogP contribution in [0.3, 0.4) is 0 Å². The second kappa shape index (κ2) is 7.81. The van der Waals surface area contributed by atoms with Gasteiger partial charge in [0, 0.05) is 12.1 Å². The van der Waals surface area contributed by atoms with Crippen molar-refractivity contribution in [1.82, 2.24) is 0 Å². The average molecular weight is 355 g/mol. The zero-order chi connectivity index (χ0) is 18.4. The van der Waals surface area contributed by atoms with Crippen molar-refractivity contribution in [3.63, 3.8) is 0 Å². The lowest BCUT2D eigenvalue weighted by Gasteiger charge is -2.08. The lowest BCUT2D eigenvalue weighted by atomic mass is 9.96. The molecule has 2 rings (SSSR count). The van der Waals surface area contributed by atoms with E-state index in [9.17, 15) is 13.2 Å². The summed E-state index contributed by atoms with van der Waals surface area (Å²) in [6, 6.07) is 13.8. The maximum Gasteiger partial charge on any atom is 0.452 e. The van der Waals surface area contributed by atoms with Gasteiger partial charge in [0.15, 0.2) is 0 Å². The molecule has 128 valence electrons. The van der Waals surface area contributed by atoms with E-state index in [1.54, 1.807) is 30.3 Å². The Morgan fingerprint density at radius 1 is 1.16 bits per heavy atom. The second-order valence-electron chi connectivity index (χ2n) is 5.25. The van der Waals surface area contributed by atoms with Crippen LogP contribution in [0.25, 0.3) is 16.7 Å². The van der Waals surface area contributed by atoms with Crippen LogP contribution >= 0.6 is 0 Å². The number of nitrogens with zero attached hydrogens (tertiary/aromatic N) is 2. The lowest BCUT2D eigenvalue weighted by molar-refractivity contribution is -0.00155. The van der Waals surface area contributed by atoms with Gasteiger partial charge in [-0.2, -0.15) is 0 Å². The van der Waals surface area contributed by atoms with E-state index < -0.39 is 26.4 Å². The number of Topliss-reactive ketones (excluding diaryl/α,β-unsaturated/α-hetero) is 1. The summed E-state index contributed by atoms with van der Waals surface area (Å²) in [4.78, 5) is 15.4. The standard InChI is InChI=1S/C18H17N3O3S/c1-2-11-25(23,24)18(21-20)17(22)16-6-4-3-5-15(16)14-9-7-13(12-19)8-10-14/h2-10H,1,11-12,19H2. The van der Waals surface area contributed by atoms with Gasteiger partial charge in [-0.15, -0.1) is 11.4 Å². The number of sulfone groups is 1. The maximum atomic E-state index is 12.7. The maximum absolute atomic E-state index is 12.7. The van der Waals surface area contributed by atoms with E-state index in [1.165, 1.54) is 6.07 Å². The SMILES string of the molecule is C=CCS(=O)(=O)C(=[N+]=[N-])C(=O)c1ccccc1-c1ccc(CN)cc1. The zero-order valence-corrected chi connectivity index (χ0v) is 14.2. The predicted molar refractivity (Wildman–Crippen MR) is 96.7 cm³/mol. The predicted octanol–water partition coefficient (Wildman–Crippen LogP) is 2.22. The Morgan fingerprint density at radius 3 is 2.36 bits per heavy atom. The third kappa shape index (κ3) is 3.97. The number of hydrogen-bond donors (Lipinski definition) is 1. The molecule has 0 saturated carbocycles. The Bertz CT molecular complexity index is 957. The summed E-state index contributed by atoms with van der Waals surface area (Å²) in [7, 11) is -4.06. The fraction of sp³-hybridized carbons (Fsp3) is 0.111. The highest BCUT2D eigenvalue weighted by atomic mass is 32.2. The van der Waals surface area contributed by atoms with E-state index in [0.29, 0.717) is 12.1 Å². The molecule has 0 aliphatic rings. The molecule has 0 heterocycles. The molecule has 7 heteroatoms. The molecule has 25 heavy (non-hydrogen) atoms. The Balaban J connectivity index is 2.54. The van der Waals surface area contributed by atoms with E-state index in [2.05, 4.69) is 11.4 Å². The lowest BCUT2D eigenvalue weighted by Crippen LogP contribution is -2.27. The van der Waals surface area contributed by atoms with Gasteiger partial charge in [-0.1, -0.05) is 54.6 Å². The highest BCUT2D eigenvalue weighted by Gasteiger charge is 2.36. The van der Waals surface area contributed by atoms with Gasteiger partial charge < -0.3 is 11.3 Å². The first-order valence-electron chi connectivity index (χ1n) is 7.43. The first-order valence-corrected chi connectivity index (χ1v) is 9.08. The van der Waals surface area contributed by atoms with E-state index in [-0.39, 0.29) is 5.56 Å². The molecular formula is C18H17N3O3S. The molecule has 0 amide bonds. The van der Waals surface area contributed by atoms with Gasteiger partial charge in [-0.25, -0.2) is 8.42 Å². The van der Waals surface area contributed by atoms with Crippen LogP contribution in [0.15, 0.2) is 61.2 Å². The van der Waals surface area contributed by atoms with Crippen LogP contribution in [-0.4, -0.2) is 29.8 Å². The van der Waals surface area contributed by atoms with Crippen LogP contribution in [-0.2, 0) is 16.4 Å². The number of carbonyl (C=O) groups excluding carboxylic acids is 1. The number of rotatable bonds is 6. The second-order valence-corrected chi connectivity index (χ2v) is 7.20. The third-order valence-electron chi connectivity index (χ3n) is 3.59. The average Bonchev–Trinajstić information content (AvgIpc) is 2.62. The van der Waals surface area contributed by atoms with Gasteiger partial charge in [-0.3, -0.25) is 4.79 Å². The molecule has 0 aliphatic heterocycles. The Kier molecular flexibility index (Phi) is 5.77. The zero-order valence-electron chi connectivity index (χ0n) is 13.4. The molecule has 6 nitrogen and oxygen atoms in total. The normalized spacial score (nSPS) is 10.8. The number of nitrogens with two attached hydrogens (primary N) is 1. The largest absolute Gasteiger partial charge is 0.452 e. The van der Waals surface area contributed by atoms with E-state index in [1.807, 2.05) is 12.1 Å². The van der Waals surface area contributed by atoms with Crippen molar-refractivity contribution in [2.45, 2.75) is 6.54 Å². The summed E-state index contributed by atoms with van der Waals surface area (Å²) in [6.07, 6.45) is 1.13. The Hall–Kier alpha value is -2.86. The van der Waals surface area contributed by atoms with Crippen molar-refractivity contribution in [1.29, 1.82) is 0 Å². The summed E-state index contributed by atoms with van der Waals surface area (Å²) in [5.41, 5.74) is 17.0. The van der Waals surface area contributed by atoms with Gasteiger partial charge in [0.2, 0.25) is 0 Å². The van der Waals surface area contributed by atoms with Crippen LogP contribution in [0, 0.1) is 0 Å². The summed E-state index contributed by atoms with van der Waals surface area (Å²) in [6.45, 7) is 3.73. The Morgan fingerprint density at radius 2 is 1.80 bits per heavy atom.